The van der Waals surface area contributed by atoms with Gasteiger partial charge in [-0.25, -0.2) is 4.79 Å². The monoisotopic (exact) mass is 500 g/mol. The van der Waals surface area contributed by atoms with E-state index in [0.29, 0.717) is 13.1 Å². The lowest BCUT2D eigenvalue weighted by molar-refractivity contribution is 0.0890. The maximum atomic E-state index is 13.8. The Kier molecular flexibility index (Phi) is 5.91. The van der Waals surface area contributed by atoms with Crippen LogP contribution in [0.15, 0.2) is 54.4 Å². The molecule has 7 heteroatoms. The van der Waals surface area contributed by atoms with Crippen LogP contribution in [-0.2, 0) is 13.1 Å². The Morgan fingerprint density at radius 1 is 1.11 bits per heavy atom. The molecule has 4 heterocycles. The molecule has 2 amide bonds. The summed E-state index contributed by atoms with van der Waals surface area (Å²) < 4.78 is 11.3. The predicted molar refractivity (Wildman–Crippen MR) is 145 cm³/mol. The number of methoxy groups -OCH3 is 2. The average Bonchev–Trinajstić information content (AvgIpc) is 3.43. The Hall–Kier alpha value is -3.45. The fourth-order valence-electron chi connectivity index (χ4n) is 6.87. The summed E-state index contributed by atoms with van der Waals surface area (Å²) in [6.07, 6.45) is 6.20. The van der Waals surface area contributed by atoms with Crippen LogP contribution in [0, 0.1) is 0 Å². The minimum atomic E-state index is -0.268. The highest BCUT2D eigenvalue weighted by atomic mass is 16.5. The number of carbonyl (C=O) groups is 1. The van der Waals surface area contributed by atoms with Crippen LogP contribution in [0.4, 0.5) is 4.79 Å². The normalized spacial score (nSPS) is 21.1. The van der Waals surface area contributed by atoms with E-state index in [9.17, 15) is 4.79 Å². The van der Waals surface area contributed by atoms with Gasteiger partial charge in [0.1, 0.15) is 11.5 Å². The van der Waals surface area contributed by atoms with E-state index in [0.717, 1.165) is 60.8 Å². The molecule has 194 valence electrons. The number of nitrogens with one attached hydrogen (secondary N) is 1. The molecule has 0 unspecified atom stereocenters. The van der Waals surface area contributed by atoms with Crippen molar-refractivity contribution in [3.63, 3.8) is 0 Å². The van der Waals surface area contributed by atoms with Crippen LogP contribution >= 0.6 is 0 Å². The molecule has 1 spiro atoms. The van der Waals surface area contributed by atoms with Gasteiger partial charge in [-0.05, 0) is 49.1 Å². The fraction of sp³-hybridized carbons (Fsp3) is 0.433. The van der Waals surface area contributed by atoms with Crippen molar-refractivity contribution in [2.24, 2.45) is 0 Å². The fourth-order valence-corrected chi connectivity index (χ4v) is 6.87. The van der Waals surface area contributed by atoms with E-state index in [-0.39, 0.29) is 17.5 Å². The summed E-state index contributed by atoms with van der Waals surface area (Å²) in [5.74, 6) is 1.70. The molecule has 3 aromatic rings. The number of likely N-dealkylation sites (tertiary alicyclic amines) is 1. The first-order chi connectivity index (χ1) is 18.0. The maximum absolute atomic E-state index is 13.8. The molecule has 37 heavy (non-hydrogen) atoms. The molecule has 0 radical (unpaired) electrons. The molecule has 1 N–H and O–H groups in total. The topological polar surface area (TPSA) is 61.0 Å². The second-order valence-electron chi connectivity index (χ2n) is 10.5. The zero-order valence-electron chi connectivity index (χ0n) is 22.2. The van der Waals surface area contributed by atoms with Crippen LogP contribution in [0.25, 0.3) is 10.9 Å². The molecule has 1 aromatic heterocycles. The Balaban J connectivity index is 1.31. The SMILES string of the molecule is CCN1C(=O)N2Cc3cc(OC)cc(OC)c3[C@@H](C)C=C2C12CCN(Cc1cccc3[nH]ccc13)CC2. The van der Waals surface area contributed by atoms with E-state index in [1.165, 1.54) is 16.5 Å². The highest BCUT2D eigenvalue weighted by Crippen LogP contribution is 2.49. The molecule has 2 aromatic carbocycles. The standard InChI is InChI=1S/C30H36N4O3/c1-5-34-29(35)33-19-22-16-23(36-3)17-26(37-4)28(22)20(2)15-27(33)30(34)10-13-32(14-11-30)18-21-7-6-8-25-24(21)9-12-31-25/h6-9,12,15-17,20,31H,5,10-11,13-14,18-19H2,1-4H3/t20-/m0/s1. The minimum Gasteiger partial charge on any atom is -0.497 e. The largest absolute Gasteiger partial charge is 0.497 e. The number of hydrogen-bond acceptors (Lipinski definition) is 4. The lowest BCUT2D eigenvalue weighted by Gasteiger charge is -2.44. The van der Waals surface area contributed by atoms with E-state index in [2.05, 4.69) is 65.0 Å². The Bertz CT molecular complexity index is 1370. The summed E-state index contributed by atoms with van der Waals surface area (Å²) in [7, 11) is 3.38. The maximum Gasteiger partial charge on any atom is 0.325 e. The lowest BCUT2D eigenvalue weighted by atomic mass is 9.82. The molecule has 1 atom stereocenters. The number of benzene rings is 2. The van der Waals surface area contributed by atoms with Crippen molar-refractivity contribution in [2.45, 2.75) is 51.2 Å². The van der Waals surface area contributed by atoms with Crippen molar-refractivity contribution >= 4 is 16.9 Å². The third kappa shape index (κ3) is 3.71. The van der Waals surface area contributed by atoms with Crippen molar-refractivity contribution in [1.29, 1.82) is 0 Å². The summed E-state index contributed by atoms with van der Waals surface area (Å²) in [5, 5.41) is 1.29. The van der Waals surface area contributed by atoms with E-state index in [1.54, 1.807) is 14.2 Å². The average molecular weight is 501 g/mol. The Morgan fingerprint density at radius 3 is 2.65 bits per heavy atom. The quantitative estimate of drug-likeness (QED) is 0.504. The summed E-state index contributed by atoms with van der Waals surface area (Å²) in [6, 6.07) is 12.8. The number of nitrogens with zero attached hydrogens (tertiary/aromatic N) is 3. The molecule has 0 saturated carbocycles. The second-order valence-corrected chi connectivity index (χ2v) is 10.5. The van der Waals surface area contributed by atoms with Gasteiger partial charge in [0.05, 0.1) is 26.3 Å². The number of aromatic amines is 1. The molecular weight excluding hydrogens is 464 g/mol. The Labute approximate surface area is 218 Å². The van der Waals surface area contributed by atoms with Crippen molar-refractivity contribution in [3.05, 3.63) is 71.1 Å². The number of hydrogen-bond donors (Lipinski definition) is 1. The molecule has 0 bridgehead atoms. The van der Waals surface area contributed by atoms with Gasteiger partial charge in [0, 0.05) is 66.5 Å². The first-order valence-electron chi connectivity index (χ1n) is 13.3. The number of likely N-dealkylation sites (N-methyl/N-ethyl adjacent to an activating group) is 1. The van der Waals surface area contributed by atoms with Gasteiger partial charge < -0.3 is 19.4 Å². The minimum absolute atomic E-state index is 0.112. The molecular formula is C30H36N4O3. The van der Waals surface area contributed by atoms with E-state index < -0.39 is 0 Å². The van der Waals surface area contributed by atoms with Gasteiger partial charge in [0.15, 0.2) is 0 Å². The highest BCUT2D eigenvalue weighted by molar-refractivity contribution is 5.84. The number of piperidine rings is 1. The van der Waals surface area contributed by atoms with E-state index >= 15 is 0 Å². The summed E-state index contributed by atoms with van der Waals surface area (Å²) in [6.45, 7) is 8.39. The molecule has 7 nitrogen and oxygen atoms in total. The van der Waals surface area contributed by atoms with Gasteiger partial charge in [-0.2, -0.15) is 0 Å². The van der Waals surface area contributed by atoms with Crippen molar-refractivity contribution in [3.8, 4) is 11.5 Å². The number of ether oxygens (including phenoxy) is 2. The summed E-state index contributed by atoms with van der Waals surface area (Å²) in [4.78, 5) is 23.8. The van der Waals surface area contributed by atoms with Crippen molar-refractivity contribution in [2.75, 3.05) is 33.9 Å². The molecule has 2 fully saturated rings. The zero-order chi connectivity index (χ0) is 25.7. The van der Waals surface area contributed by atoms with Crippen LogP contribution < -0.4 is 9.47 Å². The first-order valence-corrected chi connectivity index (χ1v) is 13.3. The van der Waals surface area contributed by atoms with Crippen LogP contribution in [0.1, 0.15) is 49.3 Å². The number of rotatable bonds is 5. The zero-order valence-corrected chi connectivity index (χ0v) is 22.2. The number of urea groups is 1. The molecule has 6 rings (SSSR count). The van der Waals surface area contributed by atoms with E-state index in [1.807, 2.05) is 17.2 Å². The van der Waals surface area contributed by atoms with Crippen LogP contribution in [0.3, 0.4) is 0 Å². The first kappa shape index (κ1) is 23.9. The van der Waals surface area contributed by atoms with Gasteiger partial charge in [-0.3, -0.25) is 9.80 Å². The molecule has 0 aliphatic carbocycles. The summed E-state index contributed by atoms with van der Waals surface area (Å²) >= 11 is 0. The highest BCUT2D eigenvalue weighted by Gasteiger charge is 2.54. The smallest absolute Gasteiger partial charge is 0.325 e. The Morgan fingerprint density at radius 2 is 1.92 bits per heavy atom. The number of aromatic nitrogens is 1. The van der Waals surface area contributed by atoms with Crippen molar-refractivity contribution < 1.29 is 14.3 Å². The van der Waals surface area contributed by atoms with E-state index in [4.69, 9.17) is 9.47 Å². The molecule has 3 aliphatic rings. The van der Waals surface area contributed by atoms with Crippen LogP contribution in [0.5, 0.6) is 11.5 Å². The molecule has 2 saturated heterocycles. The second kappa shape index (κ2) is 9.14. The third-order valence-electron chi connectivity index (χ3n) is 8.67. The van der Waals surface area contributed by atoms with Crippen LogP contribution in [0.2, 0.25) is 0 Å². The van der Waals surface area contributed by atoms with Crippen molar-refractivity contribution in [1.82, 2.24) is 19.7 Å². The van der Waals surface area contributed by atoms with Gasteiger partial charge in [-0.15, -0.1) is 0 Å². The van der Waals surface area contributed by atoms with Gasteiger partial charge >= 0.3 is 6.03 Å². The number of fused-ring (bicyclic) bond motifs is 4. The number of allylic oxidation sites excluding steroid dienone is 1. The van der Waals surface area contributed by atoms with Gasteiger partial charge in [0.25, 0.3) is 0 Å². The number of carbonyl (C=O) groups excluding carboxylic acids is 1. The molecule has 3 aliphatic heterocycles. The number of H-pyrrole nitrogens is 1. The summed E-state index contributed by atoms with van der Waals surface area (Å²) in [5.41, 5.74) is 5.67. The van der Waals surface area contributed by atoms with Crippen LogP contribution in [-0.4, -0.2) is 65.1 Å². The third-order valence-corrected chi connectivity index (χ3v) is 8.67. The number of amides is 2. The van der Waals surface area contributed by atoms with Gasteiger partial charge in [-0.1, -0.05) is 25.1 Å². The predicted octanol–water partition coefficient (Wildman–Crippen LogP) is 5.48. The van der Waals surface area contributed by atoms with Gasteiger partial charge in [0.2, 0.25) is 0 Å². The lowest BCUT2D eigenvalue weighted by Crippen LogP contribution is -2.53.